The van der Waals surface area contributed by atoms with Crippen molar-refractivity contribution in [1.82, 2.24) is 5.32 Å². The summed E-state index contributed by atoms with van der Waals surface area (Å²) in [5.74, 6) is -1.14. The van der Waals surface area contributed by atoms with Gasteiger partial charge in [-0.25, -0.2) is 9.59 Å². The summed E-state index contributed by atoms with van der Waals surface area (Å²) in [7, 11) is 0. The van der Waals surface area contributed by atoms with E-state index >= 15 is 0 Å². The third-order valence-corrected chi connectivity index (χ3v) is 4.88. The minimum atomic E-state index is -1.02. The summed E-state index contributed by atoms with van der Waals surface area (Å²) in [4.78, 5) is 26.0. The Balaban J connectivity index is 1.52. The number of carboxylic acids is 1. The van der Waals surface area contributed by atoms with Gasteiger partial charge in [0.05, 0.1) is 0 Å². The minimum absolute atomic E-state index is 0.117. The van der Waals surface area contributed by atoms with Gasteiger partial charge in [-0.2, -0.15) is 0 Å². The molecular formula is C21H24N2O4. The molecule has 0 aromatic heterocycles. The molecule has 1 fully saturated rings. The number of alkyl carbamates (subject to hydrolysis) is 1. The van der Waals surface area contributed by atoms with Gasteiger partial charge in [-0.1, -0.05) is 48.5 Å². The van der Waals surface area contributed by atoms with Crippen molar-refractivity contribution >= 4 is 17.7 Å². The van der Waals surface area contributed by atoms with Gasteiger partial charge in [0.1, 0.15) is 12.6 Å². The smallest absolute Gasteiger partial charge is 0.408 e. The number of ether oxygens (including phenoxy) is 1. The van der Waals surface area contributed by atoms with E-state index in [2.05, 4.69) is 10.2 Å². The third-order valence-electron chi connectivity index (χ3n) is 4.88. The molecule has 142 valence electrons. The molecule has 1 saturated heterocycles. The number of hydrogen-bond donors (Lipinski definition) is 2. The lowest BCUT2D eigenvalue weighted by molar-refractivity contribution is -0.141. The first-order valence-corrected chi connectivity index (χ1v) is 9.13. The molecule has 2 aromatic carbocycles. The molecule has 3 rings (SSSR count). The number of hydrogen-bond acceptors (Lipinski definition) is 4. The van der Waals surface area contributed by atoms with Crippen molar-refractivity contribution in [3.05, 3.63) is 66.2 Å². The van der Waals surface area contributed by atoms with Crippen LogP contribution in [0.15, 0.2) is 60.7 Å². The van der Waals surface area contributed by atoms with Crippen molar-refractivity contribution in [2.24, 2.45) is 5.92 Å². The topological polar surface area (TPSA) is 78.9 Å². The van der Waals surface area contributed by atoms with Crippen LogP contribution in [0, 0.1) is 5.92 Å². The van der Waals surface area contributed by atoms with Crippen LogP contribution in [0.25, 0.3) is 0 Å². The van der Waals surface area contributed by atoms with Gasteiger partial charge in [-0.3, -0.25) is 0 Å². The lowest BCUT2D eigenvalue weighted by Gasteiger charge is -2.36. The Hall–Kier alpha value is -3.02. The van der Waals surface area contributed by atoms with Crippen molar-refractivity contribution in [3.63, 3.8) is 0 Å². The summed E-state index contributed by atoms with van der Waals surface area (Å²) < 4.78 is 5.17. The highest BCUT2D eigenvalue weighted by atomic mass is 16.5. The summed E-state index contributed by atoms with van der Waals surface area (Å²) in [5.41, 5.74) is 1.99. The van der Waals surface area contributed by atoms with E-state index in [1.54, 1.807) is 0 Å². The van der Waals surface area contributed by atoms with Gasteiger partial charge >= 0.3 is 12.1 Å². The number of nitrogens with zero attached hydrogens (tertiary/aromatic N) is 1. The molecule has 1 atom stereocenters. The summed E-state index contributed by atoms with van der Waals surface area (Å²) in [6.07, 6.45) is 0.701. The molecule has 0 spiro atoms. The van der Waals surface area contributed by atoms with Crippen LogP contribution >= 0.6 is 0 Å². The zero-order chi connectivity index (χ0) is 19.1. The molecule has 1 aliphatic rings. The van der Waals surface area contributed by atoms with Gasteiger partial charge in [-0.15, -0.1) is 0 Å². The van der Waals surface area contributed by atoms with Crippen molar-refractivity contribution in [2.75, 3.05) is 18.0 Å². The Morgan fingerprint density at radius 3 is 2.22 bits per heavy atom. The number of nitrogens with one attached hydrogen (secondary N) is 1. The Labute approximate surface area is 158 Å². The third kappa shape index (κ3) is 5.23. The van der Waals surface area contributed by atoms with Crippen LogP contribution in [0.4, 0.5) is 10.5 Å². The maximum atomic E-state index is 12.1. The molecule has 0 radical (unpaired) electrons. The summed E-state index contributed by atoms with van der Waals surface area (Å²) in [6.45, 7) is 1.64. The van der Waals surface area contributed by atoms with E-state index in [1.165, 1.54) is 0 Å². The molecule has 1 aliphatic heterocycles. The monoisotopic (exact) mass is 368 g/mol. The largest absolute Gasteiger partial charge is 0.480 e. The lowest BCUT2D eigenvalue weighted by atomic mass is 9.89. The van der Waals surface area contributed by atoms with Gasteiger partial charge in [0.25, 0.3) is 0 Å². The second-order valence-electron chi connectivity index (χ2n) is 6.68. The summed E-state index contributed by atoms with van der Waals surface area (Å²) in [5, 5.41) is 12.1. The van der Waals surface area contributed by atoms with Crippen LogP contribution in [0.1, 0.15) is 18.4 Å². The lowest BCUT2D eigenvalue weighted by Crippen LogP contribution is -2.49. The minimum Gasteiger partial charge on any atom is -0.480 e. The maximum absolute atomic E-state index is 12.1. The van der Waals surface area contributed by atoms with Gasteiger partial charge in [0.2, 0.25) is 0 Å². The second-order valence-corrected chi connectivity index (χ2v) is 6.68. The van der Waals surface area contributed by atoms with Crippen molar-refractivity contribution in [2.45, 2.75) is 25.5 Å². The number of piperidine rings is 1. The van der Waals surface area contributed by atoms with Crippen molar-refractivity contribution < 1.29 is 19.4 Å². The van der Waals surface area contributed by atoms with Crippen LogP contribution in [0.3, 0.4) is 0 Å². The molecule has 0 saturated carbocycles. The molecule has 0 aliphatic carbocycles. The molecule has 6 nitrogen and oxygen atoms in total. The Morgan fingerprint density at radius 1 is 1.04 bits per heavy atom. The van der Waals surface area contributed by atoms with Crippen LogP contribution < -0.4 is 10.2 Å². The number of para-hydroxylation sites is 1. The molecule has 6 heteroatoms. The van der Waals surface area contributed by atoms with Gasteiger partial charge < -0.3 is 20.1 Å². The average molecular weight is 368 g/mol. The van der Waals surface area contributed by atoms with E-state index in [0.29, 0.717) is 12.8 Å². The first-order chi connectivity index (χ1) is 13.1. The highest BCUT2D eigenvalue weighted by Gasteiger charge is 2.33. The maximum Gasteiger partial charge on any atom is 0.408 e. The standard InChI is InChI=1S/C21H24N2O4/c24-20(25)19(22-21(26)27-15-16-7-3-1-4-8-16)17-11-13-23(14-12-17)18-9-5-2-6-10-18/h1-10,17,19H,11-15H2,(H,22,26)(H,24,25). The van der Waals surface area contributed by atoms with E-state index in [1.807, 2.05) is 60.7 Å². The van der Waals surface area contributed by atoms with Crippen LogP contribution in [-0.4, -0.2) is 36.3 Å². The van der Waals surface area contributed by atoms with Gasteiger partial charge in [0, 0.05) is 18.8 Å². The SMILES string of the molecule is O=C(NC(C(=O)O)C1CCN(c2ccccc2)CC1)OCc1ccccc1. The Bertz CT molecular complexity index is 743. The number of rotatable bonds is 6. The fourth-order valence-corrected chi connectivity index (χ4v) is 3.40. The first-order valence-electron chi connectivity index (χ1n) is 9.13. The molecule has 2 aromatic rings. The average Bonchev–Trinajstić information content (AvgIpc) is 2.72. The molecular weight excluding hydrogens is 344 g/mol. The fraction of sp³-hybridized carbons (Fsp3) is 0.333. The molecule has 0 bridgehead atoms. The zero-order valence-corrected chi connectivity index (χ0v) is 15.1. The number of carbonyl (C=O) groups excluding carboxylic acids is 1. The molecule has 1 unspecified atom stereocenters. The highest BCUT2D eigenvalue weighted by Crippen LogP contribution is 2.25. The normalized spacial score (nSPS) is 15.8. The number of benzene rings is 2. The zero-order valence-electron chi connectivity index (χ0n) is 15.1. The van der Waals surface area contributed by atoms with E-state index in [-0.39, 0.29) is 12.5 Å². The summed E-state index contributed by atoms with van der Waals surface area (Å²) >= 11 is 0. The Morgan fingerprint density at radius 2 is 1.63 bits per heavy atom. The molecule has 1 heterocycles. The number of carbonyl (C=O) groups is 2. The predicted octanol–water partition coefficient (Wildman–Crippen LogP) is 3.28. The van der Waals surface area contributed by atoms with Crippen LogP contribution in [0.5, 0.6) is 0 Å². The quantitative estimate of drug-likeness (QED) is 0.818. The van der Waals surface area contributed by atoms with Crippen LogP contribution in [0.2, 0.25) is 0 Å². The van der Waals surface area contributed by atoms with E-state index < -0.39 is 18.1 Å². The molecule has 27 heavy (non-hydrogen) atoms. The number of aliphatic carboxylic acids is 1. The van der Waals surface area contributed by atoms with Crippen LogP contribution in [-0.2, 0) is 16.1 Å². The predicted molar refractivity (Wildman–Crippen MR) is 103 cm³/mol. The number of carboxylic acid groups (broad SMARTS) is 1. The second kappa shape index (κ2) is 9.07. The van der Waals surface area contributed by atoms with Gasteiger partial charge in [-0.05, 0) is 36.5 Å². The Kier molecular flexibility index (Phi) is 6.30. The number of anilines is 1. The fourth-order valence-electron chi connectivity index (χ4n) is 3.40. The van der Waals surface area contributed by atoms with Crippen molar-refractivity contribution in [1.29, 1.82) is 0 Å². The van der Waals surface area contributed by atoms with Gasteiger partial charge in [0.15, 0.2) is 0 Å². The first kappa shape index (κ1) is 18.8. The molecule has 2 N–H and O–H groups in total. The summed E-state index contributed by atoms with van der Waals surface area (Å²) in [6, 6.07) is 18.4. The highest BCUT2D eigenvalue weighted by molar-refractivity contribution is 5.80. The van der Waals surface area contributed by atoms with E-state index in [0.717, 1.165) is 24.3 Å². The van der Waals surface area contributed by atoms with E-state index in [4.69, 9.17) is 4.74 Å². The molecule has 1 amide bonds. The van der Waals surface area contributed by atoms with E-state index in [9.17, 15) is 14.7 Å². The number of amides is 1. The van der Waals surface area contributed by atoms with Crippen molar-refractivity contribution in [3.8, 4) is 0 Å².